The van der Waals surface area contributed by atoms with Crippen molar-refractivity contribution in [2.24, 2.45) is 11.8 Å². The average molecular weight is 633 g/mol. The summed E-state index contributed by atoms with van der Waals surface area (Å²) in [6, 6.07) is 17.0. The smallest absolute Gasteiger partial charge is 0.159 e. The fourth-order valence-corrected chi connectivity index (χ4v) is 3.45. The van der Waals surface area contributed by atoms with E-state index in [0.29, 0.717) is 30.5 Å². The molecule has 4 rings (SSSR count). The van der Waals surface area contributed by atoms with Gasteiger partial charge < -0.3 is 5.11 Å². The summed E-state index contributed by atoms with van der Waals surface area (Å²) < 4.78 is 0. The topological polar surface area (TPSA) is 76.0 Å². The molecule has 0 unspecified atom stereocenters. The van der Waals surface area contributed by atoms with Crippen molar-refractivity contribution < 1.29 is 30.0 Å². The first-order chi connectivity index (χ1) is 15.8. The number of allylic oxidation sites excluding steroid dienone is 2. The zero-order chi connectivity index (χ0) is 23.8. The van der Waals surface area contributed by atoms with Gasteiger partial charge >= 0.3 is 0 Å². The summed E-state index contributed by atoms with van der Waals surface area (Å²) in [5.74, 6) is 1.68. The summed E-state index contributed by atoms with van der Waals surface area (Å²) >= 11 is 0. The molecule has 4 aromatic rings. The number of pyridine rings is 1. The molecule has 0 aliphatic heterocycles. The number of aliphatic hydroxyl groups excluding tert-OH is 1. The number of hydrogen-bond acceptors (Lipinski definition) is 5. The van der Waals surface area contributed by atoms with E-state index >= 15 is 0 Å². The zero-order valence-electron chi connectivity index (χ0n) is 20.0. The second kappa shape index (κ2) is 13.1. The Morgan fingerprint density at radius 1 is 1.00 bits per heavy atom. The van der Waals surface area contributed by atoms with Crippen LogP contribution in [-0.4, -0.2) is 25.8 Å². The first-order valence-corrected chi connectivity index (χ1v) is 11.2. The Morgan fingerprint density at radius 2 is 1.74 bits per heavy atom. The van der Waals surface area contributed by atoms with Crippen LogP contribution >= 0.6 is 0 Å². The van der Waals surface area contributed by atoms with E-state index in [2.05, 4.69) is 16.0 Å². The van der Waals surface area contributed by atoms with E-state index in [9.17, 15) is 9.90 Å². The van der Waals surface area contributed by atoms with Gasteiger partial charge in [-0.2, -0.15) is 0 Å². The second-order valence-electron chi connectivity index (χ2n) is 8.87. The Morgan fingerprint density at radius 3 is 2.41 bits per heavy atom. The minimum atomic E-state index is 0. The molecule has 0 spiro atoms. The summed E-state index contributed by atoms with van der Waals surface area (Å²) in [5.41, 5.74) is 1.85. The maximum absolute atomic E-state index is 11.2. The number of carbonyl (C=O) groups is 1. The number of hydrogen-bond donors (Lipinski definition) is 1. The van der Waals surface area contributed by atoms with Crippen LogP contribution < -0.4 is 0 Å². The van der Waals surface area contributed by atoms with Gasteiger partial charge in [-0.3, -0.25) is 19.7 Å². The average Bonchev–Trinajstić information content (AvgIpc) is 2.78. The van der Waals surface area contributed by atoms with Crippen molar-refractivity contribution in [3.05, 3.63) is 79.0 Å². The third-order valence-electron chi connectivity index (χ3n) is 4.87. The van der Waals surface area contributed by atoms with Gasteiger partial charge in [0, 0.05) is 73.8 Å². The van der Waals surface area contributed by atoms with Crippen molar-refractivity contribution >= 4 is 27.5 Å². The molecule has 2 aromatic carbocycles. The van der Waals surface area contributed by atoms with Crippen molar-refractivity contribution in [3.63, 3.8) is 0 Å². The van der Waals surface area contributed by atoms with Crippen molar-refractivity contribution in [1.29, 1.82) is 0 Å². The molecule has 6 heteroatoms. The molecule has 1 radical (unpaired) electrons. The first kappa shape index (κ1) is 27.3. The number of fused-ring (bicyclic) bond motifs is 3. The number of aromatic nitrogens is 3. The third-order valence-corrected chi connectivity index (χ3v) is 4.87. The number of nitrogens with zero attached hydrogens (tertiary/aromatic N) is 3. The fraction of sp³-hybridized carbons (Fsp3) is 0.286. The maximum Gasteiger partial charge on any atom is 0.159 e. The summed E-state index contributed by atoms with van der Waals surface area (Å²) in [5, 5.41) is 12.6. The molecule has 0 amide bonds. The van der Waals surface area contributed by atoms with Crippen LogP contribution in [0.5, 0.6) is 0 Å². The number of carbonyl (C=O) groups excluding carboxylic acids is 1. The van der Waals surface area contributed by atoms with E-state index < -0.39 is 0 Å². The van der Waals surface area contributed by atoms with E-state index in [-0.39, 0.29) is 31.6 Å². The van der Waals surface area contributed by atoms with Crippen LogP contribution in [0.4, 0.5) is 0 Å². The normalized spacial score (nSPS) is 11.3. The SMILES string of the molecule is CC(C)CC(=O)/C=C(\O)CC(C)C.[Ir].[c-]1ccccc1-c1ncc2ccc3cnccc3c2n1. The van der Waals surface area contributed by atoms with E-state index in [0.717, 1.165) is 27.2 Å². The fourth-order valence-electron chi connectivity index (χ4n) is 3.45. The van der Waals surface area contributed by atoms with E-state index in [1.54, 1.807) is 6.20 Å². The van der Waals surface area contributed by atoms with Crippen molar-refractivity contribution in [2.45, 2.75) is 40.5 Å². The number of ketones is 1. The monoisotopic (exact) mass is 633 g/mol. The Bertz CT molecular complexity index is 1250. The van der Waals surface area contributed by atoms with Crippen LogP contribution in [0.2, 0.25) is 0 Å². The molecule has 179 valence electrons. The Kier molecular flexibility index (Phi) is 10.5. The zero-order valence-corrected chi connectivity index (χ0v) is 22.3. The van der Waals surface area contributed by atoms with Crippen LogP contribution in [0.3, 0.4) is 0 Å². The summed E-state index contributed by atoms with van der Waals surface area (Å²) in [4.78, 5) is 24.5. The van der Waals surface area contributed by atoms with Gasteiger partial charge in [0.25, 0.3) is 0 Å². The van der Waals surface area contributed by atoms with Gasteiger partial charge in [-0.15, -0.1) is 35.9 Å². The van der Waals surface area contributed by atoms with E-state index in [4.69, 9.17) is 4.98 Å². The van der Waals surface area contributed by atoms with Crippen molar-refractivity contribution in [1.82, 2.24) is 15.0 Å². The third kappa shape index (κ3) is 7.82. The van der Waals surface area contributed by atoms with Crippen LogP contribution in [0.25, 0.3) is 33.1 Å². The molecule has 0 bridgehead atoms. The molecule has 2 heterocycles. The van der Waals surface area contributed by atoms with Crippen LogP contribution in [0.15, 0.2) is 72.9 Å². The molecule has 0 saturated heterocycles. The molecular formula is C28H30IrN3O2-. The predicted octanol–water partition coefficient (Wildman–Crippen LogP) is 6.73. The van der Waals surface area contributed by atoms with Gasteiger partial charge in [-0.1, -0.05) is 39.8 Å². The van der Waals surface area contributed by atoms with Crippen LogP contribution in [0.1, 0.15) is 40.5 Å². The Labute approximate surface area is 214 Å². The van der Waals surface area contributed by atoms with Crippen molar-refractivity contribution in [3.8, 4) is 11.4 Å². The molecule has 0 aliphatic carbocycles. The second-order valence-corrected chi connectivity index (χ2v) is 8.87. The van der Waals surface area contributed by atoms with Gasteiger partial charge in [0.15, 0.2) is 5.78 Å². The summed E-state index contributed by atoms with van der Waals surface area (Å²) in [6.07, 6.45) is 7.97. The number of benzene rings is 2. The van der Waals surface area contributed by atoms with E-state index in [1.165, 1.54) is 6.08 Å². The van der Waals surface area contributed by atoms with Gasteiger partial charge in [0.05, 0.1) is 17.1 Å². The predicted molar refractivity (Wildman–Crippen MR) is 134 cm³/mol. The van der Waals surface area contributed by atoms with Crippen molar-refractivity contribution in [2.75, 3.05) is 0 Å². The largest absolute Gasteiger partial charge is 0.512 e. The minimum Gasteiger partial charge on any atom is -0.512 e. The van der Waals surface area contributed by atoms with Gasteiger partial charge in [0.1, 0.15) is 0 Å². The Balaban J connectivity index is 0.000000258. The van der Waals surface area contributed by atoms with Gasteiger partial charge in [-0.25, -0.2) is 0 Å². The first-order valence-electron chi connectivity index (χ1n) is 11.2. The van der Waals surface area contributed by atoms with Crippen LogP contribution in [-0.2, 0) is 24.9 Å². The molecular weight excluding hydrogens is 603 g/mol. The molecule has 0 saturated carbocycles. The molecule has 0 aliphatic rings. The molecule has 0 fully saturated rings. The summed E-state index contributed by atoms with van der Waals surface area (Å²) in [7, 11) is 0. The quantitative estimate of drug-likeness (QED) is 0.110. The van der Waals surface area contributed by atoms with Gasteiger partial charge in [-0.05, 0) is 17.9 Å². The minimum absolute atomic E-state index is 0. The number of aliphatic hydroxyl groups is 1. The number of rotatable bonds is 6. The molecule has 5 nitrogen and oxygen atoms in total. The molecule has 2 aromatic heterocycles. The van der Waals surface area contributed by atoms with E-state index in [1.807, 2.05) is 82.6 Å². The Hall–Kier alpha value is -2.95. The standard InChI is InChI=1S/C17H10N3.C11H20O2.Ir/c1-2-4-12(5-3-1)17-19-11-14-7-6-13-10-18-9-8-15(13)16(14)20-17;1-8(2)5-10(12)7-11(13)6-9(3)4;/h1-4,6-11H;7-9,12H,5-6H2,1-4H3;/q-1;;/b;10-7-;. The molecule has 0 atom stereocenters. The molecule has 1 N–H and O–H groups in total. The summed E-state index contributed by atoms with van der Waals surface area (Å²) in [6.45, 7) is 8.00. The van der Waals surface area contributed by atoms with Gasteiger partial charge in [0.2, 0.25) is 0 Å². The van der Waals surface area contributed by atoms with Crippen LogP contribution in [0, 0.1) is 17.9 Å². The molecule has 34 heavy (non-hydrogen) atoms. The maximum atomic E-state index is 11.2.